The second-order valence-corrected chi connectivity index (χ2v) is 9.21. The van der Waals surface area contributed by atoms with Gasteiger partial charge in [-0.2, -0.15) is 0 Å². The van der Waals surface area contributed by atoms with E-state index in [0.717, 1.165) is 23.7 Å². The van der Waals surface area contributed by atoms with E-state index in [-0.39, 0.29) is 6.04 Å². The zero-order valence-corrected chi connectivity index (χ0v) is 15.6. The van der Waals surface area contributed by atoms with Gasteiger partial charge >= 0.3 is 0 Å². The van der Waals surface area contributed by atoms with Crippen LogP contribution in [0.25, 0.3) is 0 Å². The lowest BCUT2D eigenvalue weighted by Gasteiger charge is -2.34. The Morgan fingerprint density at radius 1 is 1.29 bits per heavy atom. The lowest BCUT2D eigenvalue weighted by Crippen LogP contribution is -2.44. The fraction of sp³-hybridized carbons (Fsp3) is 0.500. The van der Waals surface area contributed by atoms with Crippen LogP contribution in [0.4, 0.5) is 0 Å². The molecule has 0 aromatic carbocycles. The maximum absolute atomic E-state index is 12.5. The molecular weight excluding hydrogens is 346 g/mol. The first-order valence-corrected chi connectivity index (χ1v) is 10.3. The van der Waals surface area contributed by atoms with Crippen molar-refractivity contribution in [3.63, 3.8) is 0 Å². The van der Waals surface area contributed by atoms with E-state index in [4.69, 9.17) is 4.74 Å². The quantitative estimate of drug-likeness (QED) is 0.843. The molecule has 8 heteroatoms. The number of thiophene rings is 1. The Kier molecular flexibility index (Phi) is 5.41. The lowest BCUT2D eigenvalue weighted by molar-refractivity contribution is 0.0158. The van der Waals surface area contributed by atoms with Crippen molar-refractivity contribution in [1.82, 2.24) is 14.2 Å². The summed E-state index contributed by atoms with van der Waals surface area (Å²) in [5.41, 5.74) is 1.10. The summed E-state index contributed by atoms with van der Waals surface area (Å²) in [7, 11) is -1.49. The van der Waals surface area contributed by atoms with E-state index in [1.165, 1.54) is 11.3 Å². The van der Waals surface area contributed by atoms with E-state index >= 15 is 0 Å². The summed E-state index contributed by atoms with van der Waals surface area (Å²) < 4.78 is 35.7. The number of ether oxygens (including phenoxy) is 1. The Morgan fingerprint density at radius 3 is 2.62 bits per heavy atom. The molecule has 3 heterocycles. The van der Waals surface area contributed by atoms with Crippen LogP contribution < -0.4 is 4.72 Å². The molecule has 0 radical (unpaired) electrons. The number of morpholine rings is 1. The molecule has 1 fully saturated rings. The third-order valence-electron chi connectivity index (χ3n) is 4.26. The first-order valence-electron chi connectivity index (χ1n) is 7.96. The Bertz CT molecular complexity index is 776. The predicted molar refractivity (Wildman–Crippen MR) is 94.8 cm³/mol. The van der Waals surface area contributed by atoms with Crippen molar-refractivity contribution in [3.05, 3.63) is 41.0 Å². The number of nitrogens with zero attached hydrogens (tertiary/aromatic N) is 2. The molecule has 0 amide bonds. The van der Waals surface area contributed by atoms with Crippen molar-refractivity contribution in [2.75, 3.05) is 32.8 Å². The summed E-state index contributed by atoms with van der Waals surface area (Å²) in [4.78, 5) is 3.27. The fourth-order valence-electron chi connectivity index (χ4n) is 2.95. The van der Waals surface area contributed by atoms with E-state index in [1.807, 2.05) is 42.9 Å². The zero-order chi connectivity index (χ0) is 17.2. The van der Waals surface area contributed by atoms with Gasteiger partial charge in [-0.25, -0.2) is 13.1 Å². The number of aromatic nitrogens is 1. The number of hydrogen-bond donors (Lipinski definition) is 1. The molecule has 1 aliphatic rings. The topological polar surface area (TPSA) is 63.6 Å². The molecule has 3 rings (SSSR count). The van der Waals surface area contributed by atoms with E-state index < -0.39 is 10.0 Å². The lowest BCUT2D eigenvalue weighted by atomic mass is 10.1. The number of rotatable bonds is 6. The van der Waals surface area contributed by atoms with Gasteiger partial charge in [0.2, 0.25) is 10.0 Å². The molecule has 1 aliphatic heterocycles. The smallest absolute Gasteiger partial charge is 0.250 e. The van der Waals surface area contributed by atoms with Crippen molar-refractivity contribution in [3.8, 4) is 0 Å². The van der Waals surface area contributed by atoms with Crippen LogP contribution in [0.1, 0.15) is 16.6 Å². The van der Waals surface area contributed by atoms with Gasteiger partial charge in [0.25, 0.3) is 0 Å². The van der Waals surface area contributed by atoms with Crippen molar-refractivity contribution in [2.24, 2.45) is 7.05 Å². The minimum atomic E-state index is -3.48. The summed E-state index contributed by atoms with van der Waals surface area (Å²) in [5, 5.41) is 0. The van der Waals surface area contributed by atoms with E-state index in [2.05, 4.69) is 9.62 Å². The minimum absolute atomic E-state index is 0.00951. The molecule has 2 aromatic rings. The maximum Gasteiger partial charge on any atom is 0.250 e. The molecule has 0 bridgehead atoms. The average Bonchev–Trinajstić information content (AvgIpc) is 3.18. The highest BCUT2D eigenvalue weighted by Crippen LogP contribution is 2.24. The molecule has 0 spiro atoms. The van der Waals surface area contributed by atoms with Gasteiger partial charge in [-0.15, -0.1) is 11.3 Å². The summed E-state index contributed by atoms with van der Waals surface area (Å²) in [6.45, 7) is 5.21. The van der Waals surface area contributed by atoms with E-state index in [0.29, 0.717) is 24.0 Å². The molecular formula is C16H23N3O3S2. The number of hydrogen-bond acceptors (Lipinski definition) is 5. The molecule has 1 unspecified atom stereocenters. The Morgan fingerprint density at radius 2 is 2.04 bits per heavy atom. The Labute approximate surface area is 147 Å². The molecule has 0 saturated carbocycles. The van der Waals surface area contributed by atoms with Gasteiger partial charge in [-0.05, 0) is 31.2 Å². The normalized spacial score (nSPS) is 17.9. The Hall–Kier alpha value is -1.19. The van der Waals surface area contributed by atoms with Crippen LogP contribution in [-0.2, 0) is 21.8 Å². The molecule has 0 aliphatic carbocycles. The van der Waals surface area contributed by atoms with Crippen LogP contribution in [0.15, 0.2) is 34.7 Å². The number of nitrogens with one attached hydrogen (secondary N) is 1. The highest BCUT2D eigenvalue weighted by molar-refractivity contribution is 7.91. The third kappa shape index (κ3) is 3.89. The highest BCUT2D eigenvalue weighted by Gasteiger charge is 2.26. The van der Waals surface area contributed by atoms with Crippen molar-refractivity contribution in [1.29, 1.82) is 0 Å². The van der Waals surface area contributed by atoms with E-state index in [1.54, 1.807) is 6.07 Å². The van der Waals surface area contributed by atoms with Gasteiger partial charge in [0.05, 0.1) is 19.3 Å². The average molecular weight is 370 g/mol. The molecule has 2 aromatic heterocycles. The zero-order valence-electron chi connectivity index (χ0n) is 13.9. The SMILES string of the molecule is Cc1ccc(S(=O)(=O)NCC(c2cccn2C)N2CCOCC2)s1. The fourth-order valence-corrected chi connectivity index (χ4v) is 5.31. The van der Waals surface area contributed by atoms with Gasteiger partial charge in [0.1, 0.15) is 4.21 Å². The first kappa shape index (κ1) is 17.6. The van der Waals surface area contributed by atoms with Gasteiger partial charge in [0, 0.05) is 43.4 Å². The van der Waals surface area contributed by atoms with E-state index in [9.17, 15) is 8.42 Å². The molecule has 1 atom stereocenters. The summed E-state index contributed by atoms with van der Waals surface area (Å²) in [6, 6.07) is 7.51. The minimum Gasteiger partial charge on any atom is -0.379 e. The van der Waals surface area contributed by atoms with Crippen LogP contribution in [0.5, 0.6) is 0 Å². The molecule has 132 valence electrons. The largest absolute Gasteiger partial charge is 0.379 e. The molecule has 6 nitrogen and oxygen atoms in total. The highest BCUT2D eigenvalue weighted by atomic mass is 32.2. The van der Waals surface area contributed by atoms with Crippen LogP contribution in [0.3, 0.4) is 0 Å². The number of sulfonamides is 1. The van der Waals surface area contributed by atoms with Crippen LogP contribution in [0.2, 0.25) is 0 Å². The van der Waals surface area contributed by atoms with Crippen molar-refractivity contribution >= 4 is 21.4 Å². The second kappa shape index (κ2) is 7.37. The summed E-state index contributed by atoms with van der Waals surface area (Å²) >= 11 is 1.29. The van der Waals surface area contributed by atoms with Gasteiger partial charge < -0.3 is 9.30 Å². The number of aryl methyl sites for hydroxylation is 2. The van der Waals surface area contributed by atoms with Crippen molar-refractivity contribution in [2.45, 2.75) is 17.2 Å². The standard InChI is InChI=1S/C16H23N3O3S2/c1-13-5-6-16(23-13)24(20,21)17-12-15(14-4-3-7-18(14)2)19-8-10-22-11-9-19/h3-7,15,17H,8-12H2,1-2H3. The van der Waals surface area contributed by atoms with Crippen LogP contribution in [0, 0.1) is 6.92 Å². The Balaban J connectivity index is 1.78. The second-order valence-electron chi connectivity index (χ2n) is 5.93. The predicted octanol–water partition coefficient (Wildman–Crippen LogP) is 1.75. The summed E-state index contributed by atoms with van der Waals surface area (Å²) in [5.74, 6) is 0. The van der Waals surface area contributed by atoms with Crippen LogP contribution in [-0.4, -0.2) is 50.7 Å². The monoisotopic (exact) mass is 369 g/mol. The molecule has 1 N–H and O–H groups in total. The van der Waals surface area contributed by atoms with Gasteiger partial charge in [0.15, 0.2) is 0 Å². The van der Waals surface area contributed by atoms with Gasteiger partial charge in [-0.1, -0.05) is 0 Å². The molecule has 24 heavy (non-hydrogen) atoms. The summed E-state index contributed by atoms with van der Waals surface area (Å²) in [6.07, 6.45) is 1.99. The molecule has 1 saturated heterocycles. The third-order valence-corrected chi connectivity index (χ3v) is 7.18. The van der Waals surface area contributed by atoms with Crippen LogP contribution >= 0.6 is 11.3 Å². The van der Waals surface area contributed by atoms with Crippen molar-refractivity contribution < 1.29 is 13.2 Å². The maximum atomic E-state index is 12.5. The first-order chi connectivity index (χ1) is 11.5. The van der Waals surface area contributed by atoms with Gasteiger partial charge in [-0.3, -0.25) is 4.90 Å².